The van der Waals surface area contributed by atoms with Gasteiger partial charge in [-0.1, -0.05) is 12.1 Å². The molecule has 0 aliphatic carbocycles. The second-order valence-electron chi connectivity index (χ2n) is 6.26. The quantitative estimate of drug-likeness (QED) is 0.550. The van der Waals surface area contributed by atoms with E-state index in [1.165, 1.54) is 6.33 Å². The number of nitrogens with zero attached hydrogens (tertiary/aromatic N) is 8. The second-order valence-corrected chi connectivity index (χ2v) is 6.26. The first-order chi connectivity index (χ1) is 13.0. The van der Waals surface area contributed by atoms with Crippen LogP contribution in [0.3, 0.4) is 0 Å². The number of aromatic nitrogens is 7. The van der Waals surface area contributed by atoms with Crippen LogP contribution in [0, 0.1) is 6.92 Å². The molecule has 0 spiro atoms. The van der Waals surface area contributed by atoms with E-state index in [2.05, 4.69) is 25.1 Å². The maximum atomic E-state index is 12.8. The third kappa shape index (κ3) is 3.03. The highest BCUT2D eigenvalue weighted by Gasteiger charge is 2.23. The average molecular weight is 362 g/mol. The summed E-state index contributed by atoms with van der Waals surface area (Å²) in [6, 6.07) is 9.48. The molecule has 1 aromatic carbocycles. The van der Waals surface area contributed by atoms with Crippen LogP contribution in [-0.4, -0.2) is 52.2 Å². The van der Waals surface area contributed by atoms with Gasteiger partial charge in [-0.15, -0.1) is 5.10 Å². The number of benzene rings is 1. The third-order valence-electron chi connectivity index (χ3n) is 4.58. The molecule has 4 aromatic rings. The lowest BCUT2D eigenvalue weighted by Gasteiger charge is -2.24. The van der Waals surface area contributed by atoms with E-state index >= 15 is 0 Å². The van der Waals surface area contributed by atoms with Gasteiger partial charge in [-0.25, -0.2) is 19.2 Å². The van der Waals surface area contributed by atoms with Crippen LogP contribution in [-0.2, 0) is 0 Å². The summed E-state index contributed by atoms with van der Waals surface area (Å²) in [4.78, 5) is 26.8. The summed E-state index contributed by atoms with van der Waals surface area (Å²) in [6.45, 7) is 3.85. The van der Waals surface area contributed by atoms with E-state index in [4.69, 9.17) is 0 Å². The van der Waals surface area contributed by atoms with Crippen molar-refractivity contribution in [1.82, 2.24) is 39.2 Å². The van der Waals surface area contributed by atoms with Gasteiger partial charge in [0.1, 0.15) is 12.7 Å². The molecule has 1 unspecified atom stereocenters. The third-order valence-corrected chi connectivity index (χ3v) is 4.58. The number of carbonyl (C=O) groups excluding carboxylic acids is 1. The zero-order chi connectivity index (χ0) is 19.0. The first-order valence-electron chi connectivity index (χ1n) is 8.45. The van der Waals surface area contributed by atoms with Gasteiger partial charge >= 0.3 is 0 Å². The molecule has 136 valence electrons. The van der Waals surface area contributed by atoms with Crippen LogP contribution in [0.4, 0.5) is 0 Å². The van der Waals surface area contributed by atoms with E-state index in [0.29, 0.717) is 5.78 Å². The topological polar surface area (TPSA) is 94.1 Å². The summed E-state index contributed by atoms with van der Waals surface area (Å²) in [5, 5.41) is 8.40. The van der Waals surface area contributed by atoms with E-state index in [-0.39, 0.29) is 17.8 Å². The normalized spacial score (nSPS) is 12.3. The molecule has 0 radical (unpaired) electrons. The van der Waals surface area contributed by atoms with Crippen molar-refractivity contribution >= 4 is 11.7 Å². The van der Waals surface area contributed by atoms with Crippen LogP contribution in [0.5, 0.6) is 0 Å². The monoisotopic (exact) mass is 362 g/mol. The maximum Gasteiger partial charge on any atom is 0.293 e. The Kier molecular flexibility index (Phi) is 4.11. The Morgan fingerprint density at radius 3 is 2.63 bits per heavy atom. The zero-order valence-corrected chi connectivity index (χ0v) is 15.2. The Hall–Kier alpha value is -3.62. The lowest BCUT2D eigenvalue weighted by molar-refractivity contribution is 0.0730. The number of rotatable bonds is 4. The molecule has 0 saturated carbocycles. The number of hydrogen-bond donors (Lipinski definition) is 0. The van der Waals surface area contributed by atoms with E-state index in [1.54, 1.807) is 33.7 Å². The SMILES string of the molecule is Cc1ccnc2nc(C(=O)N(C)C(C)c3ccc(-n4cncn4)cc3)nn12. The van der Waals surface area contributed by atoms with Gasteiger partial charge in [0.05, 0.1) is 11.7 Å². The summed E-state index contributed by atoms with van der Waals surface area (Å²) in [6.07, 6.45) is 4.78. The van der Waals surface area contributed by atoms with Gasteiger partial charge in [0.2, 0.25) is 5.82 Å². The molecule has 0 aliphatic rings. The minimum absolute atomic E-state index is 0.130. The van der Waals surface area contributed by atoms with E-state index in [0.717, 1.165) is 16.9 Å². The molecule has 3 aromatic heterocycles. The van der Waals surface area contributed by atoms with E-state index in [1.807, 2.05) is 44.2 Å². The molecule has 0 aliphatic heterocycles. The smallest absolute Gasteiger partial charge is 0.293 e. The minimum Gasteiger partial charge on any atom is -0.332 e. The fourth-order valence-corrected chi connectivity index (χ4v) is 2.80. The molecule has 3 heterocycles. The van der Waals surface area contributed by atoms with Crippen molar-refractivity contribution in [2.45, 2.75) is 19.9 Å². The predicted molar refractivity (Wildman–Crippen MR) is 97.4 cm³/mol. The minimum atomic E-state index is -0.257. The molecule has 0 bridgehead atoms. The van der Waals surface area contributed by atoms with E-state index in [9.17, 15) is 4.79 Å². The van der Waals surface area contributed by atoms with Crippen LogP contribution in [0.2, 0.25) is 0 Å². The Bertz CT molecular complexity index is 1080. The summed E-state index contributed by atoms with van der Waals surface area (Å²) in [5.41, 5.74) is 2.76. The van der Waals surface area contributed by atoms with E-state index < -0.39 is 0 Å². The lowest BCUT2D eigenvalue weighted by Crippen LogP contribution is -2.30. The number of hydrogen-bond acceptors (Lipinski definition) is 6. The fourth-order valence-electron chi connectivity index (χ4n) is 2.80. The molecule has 0 fully saturated rings. The van der Waals surface area contributed by atoms with Gasteiger partial charge in [0.15, 0.2) is 0 Å². The van der Waals surface area contributed by atoms with Gasteiger partial charge in [-0.05, 0) is 37.6 Å². The predicted octanol–water partition coefficient (Wildman–Crippen LogP) is 1.85. The molecule has 0 N–H and O–H groups in total. The van der Waals surface area contributed by atoms with Crippen molar-refractivity contribution in [2.75, 3.05) is 7.05 Å². The summed E-state index contributed by atoms with van der Waals surface area (Å²) < 4.78 is 3.25. The molecule has 0 saturated heterocycles. The fraction of sp³-hybridized carbons (Fsp3) is 0.222. The average Bonchev–Trinajstić information content (AvgIpc) is 3.37. The van der Waals surface area contributed by atoms with Gasteiger partial charge in [-0.2, -0.15) is 10.1 Å². The van der Waals surface area contributed by atoms with Gasteiger partial charge in [0, 0.05) is 18.9 Å². The molecular weight excluding hydrogens is 344 g/mol. The van der Waals surface area contributed by atoms with Gasteiger partial charge in [0.25, 0.3) is 11.7 Å². The summed E-state index contributed by atoms with van der Waals surface area (Å²) in [5.74, 6) is 0.287. The van der Waals surface area contributed by atoms with Crippen LogP contribution in [0.1, 0.15) is 34.8 Å². The maximum absolute atomic E-state index is 12.8. The Morgan fingerprint density at radius 1 is 1.19 bits per heavy atom. The van der Waals surface area contributed by atoms with Crippen LogP contribution < -0.4 is 0 Å². The number of carbonyl (C=O) groups is 1. The number of fused-ring (bicyclic) bond motifs is 1. The van der Waals surface area contributed by atoms with Gasteiger partial charge < -0.3 is 4.90 Å². The summed E-state index contributed by atoms with van der Waals surface area (Å²) >= 11 is 0. The highest BCUT2D eigenvalue weighted by atomic mass is 16.2. The highest BCUT2D eigenvalue weighted by Crippen LogP contribution is 2.21. The van der Waals surface area contributed by atoms with Crippen molar-refractivity contribution in [3.8, 4) is 5.69 Å². The second kappa shape index (κ2) is 6.60. The number of amides is 1. The van der Waals surface area contributed by atoms with Crippen molar-refractivity contribution in [1.29, 1.82) is 0 Å². The molecule has 4 rings (SSSR count). The highest BCUT2D eigenvalue weighted by molar-refractivity contribution is 5.91. The molecule has 9 heteroatoms. The first-order valence-corrected chi connectivity index (χ1v) is 8.45. The standard InChI is InChI=1S/C18H18N8O/c1-12-8-9-20-18-22-16(23-26(12)18)17(27)24(3)13(2)14-4-6-15(7-5-14)25-11-19-10-21-25/h4-11,13H,1-3H3. The van der Waals surface area contributed by atoms with Crippen LogP contribution in [0.15, 0.2) is 49.2 Å². The molecular formula is C18H18N8O. The van der Waals surface area contributed by atoms with Crippen LogP contribution in [0.25, 0.3) is 11.5 Å². The van der Waals surface area contributed by atoms with Gasteiger partial charge in [-0.3, -0.25) is 4.79 Å². The van der Waals surface area contributed by atoms with Crippen molar-refractivity contribution in [2.24, 2.45) is 0 Å². The Labute approximate surface area is 155 Å². The van der Waals surface area contributed by atoms with Crippen molar-refractivity contribution in [3.05, 3.63) is 66.3 Å². The molecule has 27 heavy (non-hydrogen) atoms. The van der Waals surface area contributed by atoms with Crippen LogP contribution >= 0.6 is 0 Å². The lowest BCUT2D eigenvalue weighted by atomic mass is 10.1. The molecule has 1 amide bonds. The van der Waals surface area contributed by atoms with Crippen molar-refractivity contribution in [3.63, 3.8) is 0 Å². The zero-order valence-electron chi connectivity index (χ0n) is 15.2. The Morgan fingerprint density at radius 2 is 1.96 bits per heavy atom. The molecule has 1 atom stereocenters. The Balaban J connectivity index is 1.56. The molecule has 9 nitrogen and oxygen atoms in total. The number of aryl methyl sites for hydroxylation is 1. The summed E-state index contributed by atoms with van der Waals surface area (Å²) in [7, 11) is 1.74. The van der Waals surface area contributed by atoms with Crippen molar-refractivity contribution < 1.29 is 4.79 Å². The largest absolute Gasteiger partial charge is 0.332 e. The first kappa shape index (κ1) is 16.8.